The van der Waals surface area contributed by atoms with Gasteiger partial charge >= 0.3 is 0 Å². The molecule has 0 spiro atoms. The van der Waals surface area contributed by atoms with Crippen LogP contribution in [0.5, 0.6) is 0 Å². The summed E-state index contributed by atoms with van der Waals surface area (Å²) in [5, 5.41) is 12.7. The van der Waals surface area contributed by atoms with E-state index in [9.17, 15) is 14.7 Å². The van der Waals surface area contributed by atoms with Crippen molar-refractivity contribution in [1.82, 2.24) is 10.2 Å². The van der Waals surface area contributed by atoms with Crippen LogP contribution < -0.4 is 5.32 Å². The molecule has 2 fully saturated rings. The summed E-state index contributed by atoms with van der Waals surface area (Å²) in [4.78, 5) is 26.2. The van der Waals surface area contributed by atoms with E-state index >= 15 is 0 Å². The molecule has 2 atom stereocenters. The van der Waals surface area contributed by atoms with Crippen LogP contribution in [0.3, 0.4) is 0 Å². The Bertz CT molecular complexity index is 631. The molecule has 130 valence electrons. The number of hydrogen-bond acceptors (Lipinski definition) is 3. The number of aliphatic hydroxyl groups is 1. The fraction of sp³-hybridized carbons (Fsp3) is 0.579. The van der Waals surface area contributed by atoms with Gasteiger partial charge in [0.25, 0.3) is 5.91 Å². The van der Waals surface area contributed by atoms with Crippen LogP contribution in [0, 0.1) is 5.41 Å². The minimum Gasteiger partial charge on any atom is -0.396 e. The lowest BCUT2D eigenvalue weighted by Crippen LogP contribution is -2.44. The SMILES string of the molecule is CC1(CO)CCCC1NC(=O)c1cccc(CN2CCCC2=O)c1. The Hall–Kier alpha value is -1.88. The number of aliphatic hydroxyl groups excluding tert-OH is 1. The van der Waals surface area contributed by atoms with Gasteiger partial charge in [0, 0.05) is 36.5 Å². The van der Waals surface area contributed by atoms with Gasteiger partial charge in [-0.05, 0) is 37.0 Å². The van der Waals surface area contributed by atoms with Crippen LogP contribution in [0.4, 0.5) is 0 Å². The maximum atomic E-state index is 12.6. The van der Waals surface area contributed by atoms with Crippen LogP contribution in [0.15, 0.2) is 24.3 Å². The fourth-order valence-electron chi connectivity index (χ4n) is 3.81. The molecule has 0 aromatic heterocycles. The largest absolute Gasteiger partial charge is 0.396 e. The van der Waals surface area contributed by atoms with E-state index in [0.717, 1.165) is 37.8 Å². The predicted molar refractivity (Wildman–Crippen MR) is 91.4 cm³/mol. The van der Waals surface area contributed by atoms with Crippen molar-refractivity contribution in [2.24, 2.45) is 5.41 Å². The van der Waals surface area contributed by atoms with Crippen LogP contribution in [-0.4, -0.2) is 41.0 Å². The smallest absolute Gasteiger partial charge is 0.251 e. The molecular formula is C19H26N2O3. The number of carbonyl (C=O) groups is 2. The highest BCUT2D eigenvalue weighted by Crippen LogP contribution is 2.37. The van der Waals surface area contributed by atoms with Crippen LogP contribution in [0.1, 0.15) is 54.9 Å². The Morgan fingerprint density at radius 3 is 2.96 bits per heavy atom. The summed E-state index contributed by atoms with van der Waals surface area (Å²) in [6.45, 7) is 3.49. The average molecular weight is 330 g/mol. The maximum absolute atomic E-state index is 12.6. The van der Waals surface area contributed by atoms with Gasteiger partial charge in [-0.25, -0.2) is 0 Å². The van der Waals surface area contributed by atoms with E-state index in [1.54, 1.807) is 6.07 Å². The second-order valence-corrected chi connectivity index (χ2v) is 7.35. The van der Waals surface area contributed by atoms with Crippen molar-refractivity contribution in [3.63, 3.8) is 0 Å². The standard InChI is InChI=1S/C19H26N2O3/c1-19(13-22)9-3-7-16(19)20-18(24)15-6-2-5-14(11-15)12-21-10-4-8-17(21)23/h2,5-6,11,16,22H,3-4,7-10,12-13H2,1H3,(H,20,24). The summed E-state index contributed by atoms with van der Waals surface area (Å²) < 4.78 is 0. The van der Waals surface area contributed by atoms with Crippen LogP contribution in [0.2, 0.25) is 0 Å². The molecule has 1 heterocycles. The number of benzene rings is 1. The van der Waals surface area contributed by atoms with Gasteiger partial charge in [0.2, 0.25) is 5.91 Å². The van der Waals surface area contributed by atoms with E-state index in [1.165, 1.54) is 0 Å². The van der Waals surface area contributed by atoms with E-state index in [4.69, 9.17) is 0 Å². The molecule has 5 heteroatoms. The van der Waals surface area contributed by atoms with Gasteiger partial charge in [-0.2, -0.15) is 0 Å². The lowest BCUT2D eigenvalue weighted by molar-refractivity contribution is -0.128. The molecule has 2 aliphatic rings. The highest BCUT2D eigenvalue weighted by Gasteiger charge is 2.39. The molecule has 1 aliphatic heterocycles. The van der Waals surface area contributed by atoms with E-state index < -0.39 is 0 Å². The fourth-order valence-corrected chi connectivity index (χ4v) is 3.81. The Morgan fingerprint density at radius 2 is 2.25 bits per heavy atom. The molecule has 1 aromatic carbocycles. The van der Waals surface area contributed by atoms with Crippen LogP contribution >= 0.6 is 0 Å². The quantitative estimate of drug-likeness (QED) is 0.868. The van der Waals surface area contributed by atoms with Gasteiger partial charge in [0.1, 0.15) is 0 Å². The molecule has 5 nitrogen and oxygen atoms in total. The third-order valence-electron chi connectivity index (χ3n) is 5.48. The van der Waals surface area contributed by atoms with E-state index in [2.05, 4.69) is 5.32 Å². The van der Waals surface area contributed by atoms with Crippen molar-refractivity contribution in [3.05, 3.63) is 35.4 Å². The van der Waals surface area contributed by atoms with E-state index in [0.29, 0.717) is 18.5 Å². The minimum absolute atomic E-state index is 0.0128. The third-order valence-corrected chi connectivity index (χ3v) is 5.48. The third kappa shape index (κ3) is 3.46. The molecule has 2 unspecified atom stereocenters. The Labute approximate surface area is 143 Å². The first kappa shape index (κ1) is 17.0. The molecule has 1 aromatic rings. The lowest BCUT2D eigenvalue weighted by atomic mass is 9.85. The first-order valence-electron chi connectivity index (χ1n) is 8.80. The van der Waals surface area contributed by atoms with E-state index in [-0.39, 0.29) is 29.9 Å². The van der Waals surface area contributed by atoms with Crippen molar-refractivity contribution in [2.45, 2.75) is 51.6 Å². The molecule has 1 aliphatic carbocycles. The zero-order valence-electron chi connectivity index (χ0n) is 14.3. The number of likely N-dealkylation sites (tertiary alicyclic amines) is 1. The highest BCUT2D eigenvalue weighted by molar-refractivity contribution is 5.94. The van der Waals surface area contributed by atoms with Crippen molar-refractivity contribution in [2.75, 3.05) is 13.2 Å². The van der Waals surface area contributed by atoms with Gasteiger partial charge in [-0.1, -0.05) is 25.5 Å². The number of rotatable bonds is 5. The van der Waals surface area contributed by atoms with E-state index in [1.807, 2.05) is 30.0 Å². The zero-order valence-corrected chi connectivity index (χ0v) is 14.3. The Balaban J connectivity index is 1.67. The molecule has 1 saturated heterocycles. The second kappa shape index (κ2) is 6.93. The van der Waals surface area contributed by atoms with Gasteiger partial charge in [0.05, 0.1) is 6.61 Å². The summed E-state index contributed by atoms with van der Waals surface area (Å²) >= 11 is 0. The Morgan fingerprint density at radius 1 is 1.42 bits per heavy atom. The number of carbonyl (C=O) groups excluding carboxylic acids is 2. The molecule has 2 N–H and O–H groups in total. The summed E-state index contributed by atoms with van der Waals surface area (Å²) in [5.41, 5.74) is 1.37. The van der Waals surface area contributed by atoms with Crippen LogP contribution in [-0.2, 0) is 11.3 Å². The van der Waals surface area contributed by atoms with Crippen LogP contribution in [0.25, 0.3) is 0 Å². The summed E-state index contributed by atoms with van der Waals surface area (Å²) in [6.07, 6.45) is 4.41. The molecule has 2 amide bonds. The van der Waals surface area contributed by atoms with Gasteiger partial charge in [0.15, 0.2) is 0 Å². The van der Waals surface area contributed by atoms with Crippen molar-refractivity contribution >= 4 is 11.8 Å². The monoisotopic (exact) mass is 330 g/mol. The first-order chi connectivity index (χ1) is 11.5. The number of nitrogens with zero attached hydrogens (tertiary/aromatic N) is 1. The number of hydrogen-bond donors (Lipinski definition) is 2. The van der Waals surface area contributed by atoms with Gasteiger partial charge in [-0.15, -0.1) is 0 Å². The predicted octanol–water partition coefficient (Wildman–Crippen LogP) is 2.09. The van der Waals surface area contributed by atoms with Gasteiger partial charge < -0.3 is 15.3 Å². The zero-order chi connectivity index (χ0) is 17.2. The lowest BCUT2D eigenvalue weighted by Gasteiger charge is -2.30. The average Bonchev–Trinajstić information content (AvgIpc) is 3.15. The number of amides is 2. The highest BCUT2D eigenvalue weighted by atomic mass is 16.3. The number of nitrogens with one attached hydrogen (secondary N) is 1. The van der Waals surface area contributed by atoms with Crippen molar-refractivity contribution in [3.8, 4) is 0 Å². The normalized spacial score (nSPS) is 26.8. The molecular weight excluding hydrogens is 304 g/mol. The molecule has 0 radical (unpaired) electrons. The summed E-state index contributed by atoms with van der Waals surface area (Å²) in [7, 11) is 0. The molecule has 1 saturated carbocycles. The molecule has 3 rings (SSSR count). The molecule has 0 bridgehead atoms. The first-order valence-corrected chi connectivity index (χ1v) is 8.80. The van der Waals surface area contributed by atoms with Crippen molar-refractivity contribution in [1.29, 1.82) is 0 Å². The van der Waals surface area contributed by atoms with Crippen molar-refractivity contribution < 1.29 is 14.7 Å². The minimum atomic E-state index is -0.227. The molecule has 24 heavy (non-hydrogen) atoms. The summed E-state index contributed by atoms with van der Waals surface area (Å²) in [5.74, 6) is 0.0886. The maximum Gasteiger partial charge on any atom is 0.251 e. The Kier molecular flexibility index (Phi) is 4.90. The van der Waals surface area contributed by atoms with Gasteiger partial charge in [-0.3, -0.25) is 9.59 Å². The second-order valence-electron chi connectivity index (χ2n) is 7.35. The topological polar surface area (TPSA) is 69.6 Å². The summed E-state index contributed by atoms with van der Waals surface area (Å²) in [6, 6.07) is 7.50.